The maximum atomic E-state index is 13.3. The lowest BCUT2D eigenvalue weighted by Crippen LogP contribution is -2.48. The Bertz CT molecular complexity index is 963. The molecule has 0 spiro atoms. The molecule has 3 rings (SSSR count). The molecule has 1 saturated heterocycles. The van der Waals surface area contributed by atoms with E-state index in [0.717, 1.165) is 36.7 Å². The molecule has 9 nitrogen and oxygen atoms in total. The first kappa shape index (κ1) is 25.6. The minimum absolute atomic E-state index is 0.114. The molecule has 2 N–H and O–H groups in total. The molecule has 1 aliphatic rings. The number of piperazine rings is 1. The van der Waals surface area contributed by atoms with Gasteiger partial charge in [0.15, 0.2) is 11.5 Å². The van der Waals surface area contributed by atoms with Gasteiger partial charge in [-0.05, 0) is 42.8 Å². The van der Waals surface area contributed by atoms with Crippen LogP contribution in [0, 0.1) is 5.82 Å². The van der Waals surface area contributed by atoms with E-state index in [1.165, 1.54) is 12.1 Å². The van der Waals surface area contributed by atoms with Crippen molar-refractivity contribution in [1.29, 1.82) is 0 Å². The quantitative estimate of drug-likeness (QED) is 0.629. The van der Waals surface area contributed by atoms with Gasteiger partial charge >= 0.3 is 11.9 Å². The van der Waals surface area contributed by atoms with Gasteiger partial charge in [0.1, 0.15) is 5.82 Å². The summed E-state index contributed by atoms with van der Waals surface area (Å²) in [4.78, 5) is 34.8. The summed E-state index contributed by atoms with van der Waals surface area (Å²) in [6.07, 6.45) is 0. The number of carboxylic acid groups (broad SMARTS) is 2. The fourth-order valence-corrected chi connectivity index (χ4v) is 3.26. The fraction of sp³-hybridized carbons (Fsp3) is 0.348. The third-order valence-electron chi connectivity index (χ3n) is 4.85. The fourth-order valence-electron chi connectivity index (χ4n) is 3.26. The van der Waals surface area contributed by atoms with Gasteiger partial charge in [-0.15, -0.1) is 0 Å². The summed E-state index contributed by atoms with van der Waals surface area (Å²) in [6, 6.07) is 11.8. The molecule has 1 fully saturated rings. The molecule has 0 radical (unpaired) electrons. The molecule has 0 atom stereocenters. The Labute approximate surface area is 190 Å². The van der Waals surface area contributed by atoms with Crippen LogP contribution in [0.4, 0.5) is 4.39 Å². The van der Waals surface area contributed by atoms with E-state index in [-0.39, 0.29) is 11.7 Å². The summed E-state index contributed by atoms with van der Waals surface area (Å²) in [5.41, 5.74) is 1.55. The molecule has 10 heteroatoms. The van der Waals surface area contributed by atoms with Crippen LogP contribution in [-0.2, 0) is 16.1 Å². The second-order valence-corrected chi connectivity index (χ2v) is 7.11. The highest BCUT2D eigenvalue weighted by Crippen LogP contribution is 2.28. The number of amides is 1. The number of ether oxygens (including phenoxy) is 2. The van der Waals surface area contributed by atoms with Gasteiger partial charge in [0.25, 0.3) is 5.91 Å². The molecule has 33 heavy (non-hydrogen) atoms. The minimum atomic E-state index is -1.82. The third kappa shape index (κ3) is 7.76. The van der Waals surface area contributed by atoms with E-state index >= 15 is 0 Å². The average Bonchev–Trinajstić information content (AvgIpc) is 2.80. The van der Waals surface area contributed by atoms with Gasteiger partial charge in [-0.2, -0.15) is 0 Å². The summed E-state index contributed by atoms with van der Waals surface area (Å²) in [5.74, 6) is -2.67. The van der Waals surface area contributed by atoms with E-state index in [2.05, 4.69) is 4.90 Å². The summed E-state index contributed by atoms with van der Waals surface area (Å²) < 4.78 is 24.3. The molecule has 0 saturated carbocycles. The maximum absolute atomic E-state index is 13.3. The van der Waals surface area contributed by atoms with E-state index in [9.17, 15) is 9.18 Å². The third-order valence-corrected chi connectivity index (χ3v) is 4.85. The summed E-state index contributed by atoms with van der Waals surface area (Å²) in [6.45, 7) is 6.12. The Balaban J connectivity index is 0.000000569. The number of carboxylic acids is 2. The maximum Gasteiger partial charge on any atom is 0.414 e. The lowest BCUT2D eigenvalue weighted by molar-refractivity contribution is -0.159. The second-order valence-electron chi connectivity index (χ2n) is 7.11. The van der Waals surface area contributed by atoms with Crippen LogP contribution in [0.1, 0.15) is 22.8 Å². The molecule has 2 aromatic carbocycles. The number of carbonyl (C=O) groups is 3. The van der Waals surface area contributed by atoms with Crippen LogP contribution in [0.25, 0.3) is 0 Å². The number of methoxy groups -OCH3 is 1. The number of nitrogens with zero attached hydrogens (tertiary/aromatic N) is 2. The van der Waals surface area contributed by atoms with Crippen LogP contribution in [0.5, 0.6) is 11.5 Å². The number of hydrogen-bond donors (Lipinski definition) is 2. The number of rotatable bonds is 6. The predicted molar refractivity (Wildman–Crippen MR) is 117 cm³/mol. The highest BCUT2D eigenvalue weighted by Gasteiger charge is 2.22. The number of benzene rings is 2. The van der Waals surface area contributed by atoms with Gasteiger partial charge in [-0.25, -0.2) is 14.0 Å². The smallest absolute Gasteiger partial charge is 0.414 e. The first-order chi connectivity index (χ1) is 15.7. The van der Waals surface area contributed by atoms with E-state index < -0.39 is 11.9 Å². The standard InChI is InChI=1S/C21H25FN2O3.C2H2O4/c1-3-27-20-13-16(7-8-19(20)26-2)15-23-9-11-24(12-10-23)21(25)17-5-4-6-18(22)14-17;3-1(4)2(5)6/h4-8,13-14H,3,9-12,15H2,1-2H3;(H,3,4)(H,5,6). The second kappa shape index (κ2) is 12.4. The molecule has 0 aliphatic carbocycles. The molecule has 1 amide bonds. The number of aliphatic carboxylic acids is 2. The van der Waals surface area contributed by atoms with E-state index in [1.807, 2.05) is 25.1 Å². The summed E-state index contributed by atoms with van der Waals surface area (Å²) in [5, 5.41) is 14.8. The zero-order valence-corrected chi connectivity index (χ0v) is 18.5. The molecule has 1 aliphatic heterocycles. The van der Waals surface area contributed by atoms with Crippen molar-refractivity contribution in [2.24, 2.45) is 0 Å². The monoisotopic (exact) mass is 462 g/mol. The average molecular weight is 462 g/mol. The van der Waals surface area contributed by atoms with Crippen molar-refractivity contribution in [2.45, 2.75) is 13.5 Å². The van der Waals surface area contributed by atoms with Crippen LogP contribution in [-0.4, -0.2) is 77.8 Å². The van der Waals surface area contributed by atoms with Crippen molar-refractivity contribution in [3.8, 4) is 11.5 Å². The highest BCUT2D eigenvalue weighted by molar-refractivity contribution is 6.27. The largest absolute Gasteiger partial charge is 0.493 e. The summed E-state index contributed by atoms with van der Waals surface area (Å²) >= 11 is 0. The normalized spacial score (nSPS) is 13.5. The lowest BCUT2D eigenvalue weighted by atomic mass is 10.1. The first-order valence-electron chi connectivity index (χ1n) is 10.3. The van der Waals surface area contributed by atoms with Crippen molar-refractivity contribution in [3.05, 3.63) is 59.4 Å². The zero-order valence-electron chi connectivity index (χ0n) is 18.5. The molecule has 0 unspecified atom stereocenters. The van der Waals surface area contributed by atoms with Crippen LogP contribution < -0.4 is 9.47 Å². The van der Waals surface area contributed by atoms with Crippen molar-refractivity contribution in [1.82, 2.24) is 9.80 Å². The Kier molecular flexibility index (Phi) is 9.62. The molecule has 178 valence electrons. The van der Waals surface area contributed by atoms with Crippen LogP contribution >= 0.6 is 0 Å². The molecule has 0 aromatic heterocycles. The van der Waals surface area contributed by atoms with Crippen molar-refractivity contribution in [2.75, 3.05) is 39.9 Å². The molecule has 2 aromatic rings. The first-order valence-corrected chi connectivity index (χ1v) is 10.3. The number of halogens is 1. The van der Waals surface area contributed by atoms with E-state index in [1.54, 1.807) is 24.1 Å². The molecular weight excluding hydrogens is 435 g/mol. The van der Waals surface area contributed by atoms with Gasteiger partial charge in [0, 0.05) is 38.3 Å². The van der Waals surface area contributed by atoms with E-state index in [4.69, 9.17) is 29.3 Å². The molecular formula is C23H27FN2O7. The Morgan fingerprint density at radius 2 is 1.64 bits per heavy atom. The SMILES string of the molecule is CCOc1cc(CN2CCN(C(=O)c3cccc(F)c3)CC2)ccc1OC.O=C(O)C(=O)O. The number of carbonyl (C=O) groups excluding carboxylic acids is 1. The molecule has 0 bridgehead atoms. The lowest BCUT2D eigenvalue weighted by Gasteiger charge is -2.34. The Morgan fingerprint density at radius 1 is 0.970 bits per heavy atom. The highest BCUT2D eigenvalue weighted by atomic mass is 19.1. The zero-order chi connectivity index (χ0) is 24.4. The summed E-state index contributed by atoms with van der Waals surface area (Å²) in [7, 11) is 1.63. The topological polar surface area (TPSA) is 117 Å². The van der Waals surface area contributed by atoms with E-state index in [0.29, 0.717) is 25.3 Å². The van der Waals surface area contributed by atoms with Gasteiger partial charge < -0.3 is 24.6 Å². The Morgan fingerprint density at radius 3 is 2.18 bits per heavy atom. The number of hydrogen-bond acceptors (Lipinski definition) is 6. The van der Waals surface area contributed by atoms with Crippen molar-refractivity contribution < 1.29 is 38.5 Å². The van der Waals surface area contributed by atoms with Gasteiger partial charge in [-0.3, -0.25) is 9.69 Å². The minimum Gasteiger partial charge on any atom is -0.493 e. The van der Waals surface area contributed by atoms with Gasteiger partial charge in [-0.1, -0.05) is 12.1 Å². The van der Waals surface area contributed by atoms with Crippen molar-refractivity contribution >= 4 is 17.8 Å². The van der Waals surface area contributed by atoms with Gasteiger partial charge in [0.2, 0.25) is 0 Å². The van der Waals surface area contributed by atoms with Crippen LogP contribution in [0.3, 0.4) is 0 Å². The van der Waals surface area contributed by atoms with Gasteiger partial charge in [0.05, 0.1) is 13.7 Å². The van der Waals surface area contributed by atoms with Crippen LogP contribution in [0.15, 0.2) is 42.5 Å². The predicted octanol–water partition coefficient (Wildman–Crippen LogP) is 2.35. The van der Waals surface area contributed by atoms with Crippen LogP contribution in [0.2, 0.25) is 0 Å². The molecule has 1 heterocycles. The Hall–Kier alpha value is -3.66. The van der Waals surface area contributed by atoms with Crippen molar-refractivity contribution in [3.63, 3.8) is 0 Å².